The van der Waals surface area contributed by atoms with Gasteiger partial charge in [-0.3, -0.25) is 0 Å². The topological polar surface area (TPSA) is 61.1 Å². The standard InChI is InChI=1S/C14H16ClNO2S/c1-14(2,9-16)6-3-7-19-10-4-5-12(15)11(8-10)13(17)18/h4-5,8H,3,6-7H2,1-2H3,(H,17,18). The van der Waals surface area contributed by atoms with Gasteiger partial charge in [0.2, 0.25) is 0 Å². The Morgan fingerprint density at radius 2 is 2.21 bits per heavy atom. The van der Waals surface area contributed by atoms with Crippen LogP contribution in [0.5, 0.6) is 0 Å². The number of hydrogen-bond acceptors (Lipinski definition) is 3. The van der Waals surface area contributed by atoms with Crippen molar-refractivity contribution in [3.63, 3.8) is 0 Å². The highest BCUT2D eigenvalue weighted by atomic mass is 35.5. The molecule has 1 rings (SSSR count). The minimum atomic E-state index is -1.02. The molecule has 0 aliphatic carbocycles. The van der Waals surface area contributed by atoms with Gasteiger partial charge in [-0.05, 0) is 50.6 Å². The minimum absolute atomic E-state index is 0.129. The van der Waals surface area contributed by atoms with Crippen LogP contribution >= 0.6 is 23.4 Å². The van der Waals surface area contributed by atoms with Crippen LogP contribution < -0.4 is 0 Å². The first-order valence-corrected chi connectivity index (χ1v) is 7.29. The van der Waals surface area contributed by atoms with Gasteiger partial charge in [0, 0.05) is 4.90 Å². The number of carbonyl (C=O) groups is 1. The molecule has 3 nitrogen and oxygen atoms in total. The third-order valence-electron chi connectivity index (χ3n) is 2.69. The van der Waals surface area contributed by atoms with E-state index in [0.717, 1.165) is 23.5 Å². The summed E-state index contributed by atoms with van der Waals surface area (Å²) in [6.07, 6.45) is 1.74. The van der Waals surface area contributed by atoms with E-state index in [2.05, 4.69) is 6.07 Å². The Labute approximate surface area is 122 Å². The maximum atomic E-state index is 10.9. The lowest BCUT2D eigenvalue weighted by Gasteiger charge is -2.14. The number of carboxylic acids is 1. The Hall–Kier alpha value is -1.18. The van der Waals surface area contributed by atoms with Crippen LogP contribution in [0.4, 0.5) is 0 Å². The summed E-state index contributed by atoms with van der Waals surface area (Å²) in [6, 6.07) is 7.27. The third-order valence-corrected chi connectivity index (χ3v) is 4.10. The number of benzene rings is 1. The summed E-state index contributed by atoms with van der Waals surface area (Å²) in [5, 5.41) is 18.1. The largest absolute Gasteiger partial charge is 0.478 e. The van der Waals surface area contributed by atoms with E-state index in [1.165, 1.54) is 0 Å². The number of aromatic carboxylic acids is 1. The SMILES string of the molecule is CC(C)(C#N)CCCSc1ccc(Cl)c(C(=O)O)c1. The van der Waals surface area contributed by atoms with Gasteiger partial charge in [-0.15, -0.1) is 11.8 Å². The molecule has 0 fully saturated rings. The van der Waals surface area contributed by atoms with E-state index >= 15 is 0 Å². The monoisotopic (exact) mass is 297 g/mol. The second-order valence-electron chi connectivity index (χ2n) is 4.89. The molecule has 19 heavy (non-hydrogen) atoms. The first-order chi connectivity index (χ1) is 8.85. The quantitative estimate of drug-likeness (QED) is 0.622. The summed E-state index contributed by atoms with van der Waals surface area (Å²) in [5.74, 6) is -0.163. The number of halogens is 1. The fourth-order valence-electron chi connectivity index (χ4n) is 1.52. The van der Waals surface area contributed by atoms with Crippen molar-refractivity contribution in [2.24, 2.45) is 5.41 Å². The summed E-state index contributed by atoms with van der Waals surface area (Å²) in [7, 11) is 0. The molecular weight excluding hydrogens is 282 g/mol. The fourth-order valence-corrected chi connectivity index (χ4v) is 2.61. The van der Waals surface area contributed by atoms with Crippen molar-refractivity contribution in [2.75, 3.05) is 5.75 Å². The van der Waals surface area contributed by atoms with Gasteiger partial charge in [-0.2, -0.15) is 5.26 Å². The van der Waals surface area contributed by atoms with Gasteiger partial charge < -0.3 is 5.11 Å². The molecule has 0 aliphatic heterocycles. The van der Waals surface area contributed by atoms with Crippen LogP contribution in [0.2, 0.25) is 5.02 Å². The van der Waals surface area contributed by atoms with Crippen molar-refractivity contribution in [1.29, 1.82) is 5.26 Å². The molecule has 0 radical (unpaired) electrons. The van der Waals surface area contributed by atoms with E-state index in [4.69, 9.17) is 22.0 Å². The highest BCUT2D eigenvalue weighted by Gasteiger charge is 2.15. The minimum Gasteiger partial charge on any atom is -0.478 e. The van der Waals surface area contributed by atoms with Crippen molar-refractivity contribution in [2.45, 2.75) is 31.6 Å². The lowest BCUT2D eigenvalue weighted by atomic mass is 9.90. The number of rotatable bonds is 6. The Kier molecular flexibility index (Phi) is 5.71. The summed E-state index contributed by atoms with van der Waals surface area (Å²) in [6.45, 7) is 3.84. The highest BCUT2D eigenvalue weighted by Crippen LogP contribution is 2.27. The van der Waals surface area contributed by atoms with Crippen molar-refractivity contribution >= 4 is 29.3 Å². The second kappa shape index (κ2) is 6.83. The molecular formula is C14H16ClNO2S. The molecule has 0 heterocycles. The van der Waals surface area contributed by atoms with Gasteiger partial charge >= 0.3 is 5.97 Å². The predicted octanol–water partition coefficient (Wildman–Crippen LogP) is 4.46. The van der Waals surface area contributed by atoms with Gasteiger partial charge in [0.15, 0.2) is 0 Å². The highest BCUT2D eigenvalue weighted by molar-refractivity contribution is 7.99. The Morgan fingerprint density at radius 3 is 2.79 bits per heavy atom. The van der Waals surface area contributed by atoms with E-state index in [1.54, 1.807) is 23.9 Å². The molecule has 0 unspecified atom stereocenters. The first-order valence-electron chi connectivity index (χ1n) is 5.92. The molecule has 102 valence electrons. The molecule has 1 aromatic rings. The number of carboxylic acid groups (broad SMARTS) is 1. The number of nitrogens with zero attached hydrogens (tertiary/aromatic N) is 1. The van der Waals surface area contributed by atoms with Crippen molar-refractivity contribution in [3.8, 4) is 6.07 Å². The van der Waals surface area contributed by atoms with Crippen LogP contribution in [0.1, 0.15) is 37.0 Å². The number of thioether (sulfide) groups is 1. The molecule has 1 aromatic carbocycles. The first kappa shape index (κ1) is 15.9. The van der Waals surface area contributed by atoms with Crippen LogP contribution in [0, 0.1) is 16.7 Å². The molecule has 0 spiro atoms. The van der Waals surface area contributed by atoms with Gasteiger partial charge in [0.05, 0.1) is 22.1 Å². The van der Waals surface area contributed by atoms with Crippen molar-refractivity contribution in [1.82, 2.24) is 0 Å². The number of hydrogen-bond donors (Lipinski definition) is 1. The molecule has 5 heteroatoms. The van der Waals surface area contributed by atoms with Crippen LogP contribution in [-0.2, 0) is 0 Å². The van der Waals surface area contributed by atoms with Crippen molar-refractivity contribution < 1.29 is 9.90 Å². The molecule has 0 atom stereocenters. The second-order valence-corrected chi connectivity index (χ2v) is 6.47. The lowest BCUT2D eigenvalue weighted by molar-refractivity contribution is 0.0697. The molecule has 0 aromatic heterocycles. The summed E-state index contributed by atoms with van der Waals surface area (Å²) < 4.78 is 0. The third kappa shape index (κ3) is 5.14. The fraction of sp³-hybridized carbons (Fsp3) is 0.429. The predicted molar refractivity (Wildman–Crippen MR) is 77.8 cm³/mol. The molecule has 0 saturated heterocycles. The smallest absolute Gasteiger partial charge is 0.337 e. The molecule has 0 aliphatic rings. The normalized spacial score (nSPS) is 11.1. The molecule has 0 bridgehead atoms. The van der Waals surface area contributed by atoms with Gasteiger partial charge in [-0.25, -0.2) is 4.79 Å². The molecule has 0 amide bonds. The van der Waals surface area contributed by atoms with E-state index < -0.39 is 5.97 Å². The van der Waals surface area contributed by atoms with Crippen LogP contribution in [0.25, 0.3) is 0 Å². The maximum Gasteiger partial charge on any atom is 0.337 e. The zero-order valence-electron chi connectivity index (χ0n) is 10.9. The van der Waals surface area contributed by atoms with Gasteiger partial charge in [-0.1, -0.05) is 11.6 Å². The maximum absolute atomic E-state index is 10.9. The van der Waals surface area contributed by atoms with Crippen LogP contribution in [0.15, 0.2) is 23.1 Å². The zero-order chi connectivity index (χ0) is 14.5. The Bertz CT molecular complexity index is 509. The summed E-state index contributed by atoms with van der Waals surface area (Å²) >= 11 is 7.39. The van der Waals surface area contributed by atoms with E-state index in [9.17, 15) is 4.79 Å². The summed E-state index contributed by atoms with van der Waals surface area (Å²) in [5.41, 5.74) is -0.170. The molecule has 0 saturated carbocycles. The summed E-state index contributed by atoms with van der Waals surface area (Å²) in [4.78, 5) is 11.8. The average molecular weight is 298 g/mol. The Balaban J connectivity index is 2.53. The van der Waals surface area contributed by atoms with Gasteiger partial charge in [0.25, 0.3) is 0 Å². The van der Waals surface area contributed by atoms with Gasteiger partial charge in [0.1, 0.15) is 0 Å². The van der Waals surface area contributed by atoms with Crippen molar-refractivity contribution in [3.05, 3.63) is 28.8 Å². The van der Waals surface area contributed by atoms with Crippen LogP contribution in [0.3, 0.4) is 0 Å². The zero-order valence-corrected chi connectivity index (χ0v) is 12.5. The average Bonchev–Trinajstić information content (AvgIpc) is 2.36. The number of nitriles is 1. The van der Waals surface area contributed by atoms with E-state index in [-0.39, 0.29) is 16.0 Å². The van der Waals surface area contributed by atoms with E-state index in [1.807, 2.05) is 19.9 Å². The van der Waals surface area contributed by atoms with E-state index in [0.29, 0.717) is 0 Å². The van der Waals surface area contributed by atoms with Crippen LogP contribution in [-0.4, -0.2) is 16.8 Å². The Morgan fingerprint density at radius 1 is 1.53 bits per heavy atom. The lowest BCUT2D eigenvalue weighted by Crippen LogP contribution is -2.07. The molecule has 1 N–H and O–H groups in total.